The second-order valence-electron chi connectivity index (χ2n) is 5.37. The van der Waals surface area contributed by atoms with E-state index in [2.05, 4.69) is 5.32 Å². The number of carboxylic acid groups (broad SMARTS) is 1. The van der Waals surface area contributed by atoms with Crippen LogP contribution < -0.4 is 5.32 Å². The number of carbonyl (C=O) groups is 2. The molecule has 1 unspecified atom stereocenters. The van der Waals surface area contributed by atoms with Crippen molar-refractivity contribution in [1.82, 2.24) is 10.2 Å². The number of hydrogen-bond acceptors (Lipinski definition) is 3. The predicted octanol–water partition coefficient (Wildman–Crippen LogP) is 2.60. The number of thiophene rings is 1. The minimum atomic E-state index is -1.09. The molecule has 110 valence electrons. The first-order valence-corrected chi connectivity index (χ1v) is 7.65. The number of piperidine rings is 1. The maximum Gasteiger partial charge on any atom is 0.329 e. The molecule has 2 amide bonds. The third-order valence-electron chi connectivity index (χ3n) is 3.97. The fraction of sp³-hybridized carbons (Fsp3) is 0.571. The molecule has 2 heterocycles. The Morgan fingerprint density at radius 1 is 1.50 bits per heavy atom. The molecule has 1 aromatic rings. The molecular formula is C14H20N2O3S. The smallest absolute Gasteiger partial charge is 0.329 e. The van der Waals surface area contributed by atoms with Gasteiger partial charge in [0.25, 0.3) is 0 Å². The topological polar surface area (TPSA) is 69.6 Å². The molecule has 6 heteroatoms. The SMILES string of the molecule is Cc1ccsc1CNC(=O)N1CCCCC1(C)C(=O)O. The summed E-state index contributed by atoms with van der Waals surface area (Å²) in [6.45, 7) is 4.58. The van der Waals surface area contributed by atoms with E-state index in [1.165, 1.54) is 4.90 Å². The molecule has 0 aliphatic carbocycles. The summed E-state index contributed by atoms with van der Waals surface area (Å²) in [4.78, 5) is 26.3. The van der Waals surface area contributed by atoms with Crippen LogP contribution >= 0.6 is 11.3 Å². The van der Waals surface area contributed by atoms with Gasteiger partial charge in [0, 0.05) is 11.4 Å². The van der Waals surface area contributed by atoms with Gasteiger partial charge >= 0.3 is 12.0 Å². The van der Waals surface area contributed by atoms with Crippen LogP contribution in [0.15, 0.2) is 11.4 Å². The quantitative estimate of drug-likeness (QED) is 0.900. The van der Waals surface area contributed by atoms with Crippen LogP contribution in [0.2, 0.25) is 0 Å². The third kappa shape index (κ3) is 2.80. The lowest BCUT2D eigenvalue weighted by molar-refractivity contribution is -0.150. The first-order valence-electron chi connectivity index (χ1n) is 6.77. The Bertz CT molecular complexity index is 514. The van der Waals surface area contributed by atoms with Crippen LogP contribution in [0.5, 0.6) is 0 Å². The highest BCUT2D eigenvalue weighted by atomic mass is 32.1. The molecule has 0 spiro atoms. The Labute approximate surface area is 122 Å². The van der Waals surface area contributed by atoms with Gasteiger partial charge in [-0.3, -0.25) is 0 Å². The first-order chi connectivity index (χ1) is 9.45. The summed E-state index contributed by atoms with van der Waals surface area (Å²) in [6, 6.07) is 1.72. The average molecular weight is 296 g/mol. The van der Waals surface area contributed by atoms with Crippen molar-refractivity contribution in [2.24, 2.45) is 0 Å². The molecule has 1 saturated heterocycles. The molecule has 5 nitrogen and oxygen atoms in total. The van der Waals surface area contributed by atoms with E-state index in [4.69, 9.17) is 0 Å². The molecule has 0 aromatic carbocycles. The van der Waals surface area contributed by atoms with Crippen molar-refractivity contribution >= 4 is 23.3 Å². The molecule has 1 fully saturated rings. The van der Waals surface area contributed by atoms with E-state index in [0.29, 0.717) is 19.5 Å². The van der Waals surface area contributed by atoms with Gasteiger partial charge in [0.1, 0.15) is 5.54 Å². The number of rotatable bonds is 3. The van der Waals surface area contributed by atoms with Crippen molar-refractivity contribution in [3.8, 4) is 0 Å². The van der Waals surface area contributed by atoms with Crippen LogP contribution in [-0.2, 0) is 11.3 Å². The molecule has 1 aliphatic heterocycles. The van der Waals surface area contributed by atoms with Gasteiger partial charge < -0.3 is 15.3 Å². The van der Waals surface area contributed by atoms with E-state index in [1.54, 1.807) is 18.3 Å². The van der Waals surface area contributed by atoms with Crippen LogP contribution in [0.3, 0.4) is 0 Å². The van der Waals surface area contributed by atoms with Crippen molar-refractivity contribution in [3.05, 3.63) is 21.9 Å². The lowest BCUT2D eigenvalue weighted by Crippen LogP contribution is -2.59. The highest BCUT2D eigenvalue weighted by Gasteiger charge is 2.43. The number of likely N-dealkylation sites (tertiary alicyclic amines) is 1. The zero-order valence-corrected chi connectivity index (χ0v) is 12.6. The van der Waals surface area contributed by atoms with E-state index < -0.39 is 11.5 Å². The molecule has 1 atom stereocenters. The molecular weight excluding hydrogens is 276 g/mol. The minimum absolute atomic E-state index is 0.289. The lowest BCUT2D eigenvalue weighted by Gasteiger charge is -2.41. The molecule has 20 heavy (non-hydrogen) atoms. The number of urea groups is 1. The number of aryl methyl sites for hydroxylation is 1. The highest BCUT2D eigenvalue weighted by molar-refractivity contribution is 7.10. The molecule has 2 rings (SSSR count). The Balaban J connectivity index is 2.03. The van der Waals surface area contributed by atoms with Crippen LogP contribution in [0.4, 0.5) is 4.79 Å². The van der Waals surface area contributed by atoms with Gasteiger partial charge in [-0.2, -0.15) is 0 Å². The summed E-state index contributed by atoms with van der Waals surface area (Å²) in [5.74, 6) is -0.931. The molecule has 0 radical (unpaired) electrons. The largest absolute Gasteiger partial charge is 0.480 e. The van der Waals surface area contributed by atoms with Gasteiger partial charge in [0.2, 0.25) is 0 Å². The molecule has 0 bridgehead atoms. The fourth-order valence-electron chi connectivity index (χ4n) is 2.51. The Kier molecular flexibility index (Phi) is 4.32. The summed E-state index contributed by atoms with van der Waals surface area (Å²) in [6.07, 6.45) is 2.21. The van der Waals surface area contributed by atoms with Gasteiger partial charge in [-0.05, 0) is 50.1 Å². The van der Waals surface area contributed by atoms with Crippen LogP contribution in [0.1, 0.15) is 36.6 Å². The Hall–Kier alpha value is -1.56. The maximum atomic E-state index is 12.3. The second kappa shape index (κ2) is 5.83. The van der Waals surface area contributed by atoms with Crippen LogP contribution in [0, 0.1) is 6.92 Å². The van der Waals surface area contributed by atoms with Gasteiger partial charge in [-0.1, -0.05) is 0 Å². The van der Waals surface area contributed by atoms with E-state index in [-0.39, 0.29) is 6.03 Å². The van der Waals surface area contributed by atoms with Crippen LogP contribution in [-0.4, -0.2) is 34.1 Å². The van der Waals surface area contributed by atoms with E-state index in [9.17, 15) is 14.7 Å². The fourth-order valence-corrected chi connectivity index (χ4v) is 3.35. The average Bonchev–Trinajstić information content (AvgIpc) is 2.82. The van der Waals surface area contributed by atoms with Crippen molar-refractivity contribution in [2.75, 3.05) is 6.54 Å². The number of nitrogens with one attached hydrogen (secondary N) is 1. The number of aliphatic carboxylic acids is 1. The minimum Gasteiger partial charge on any atom is -0.480 e. The Morgan fingerprint density at radius 3 is 2.85 bits per heavy atom. The van der Waals surface area contributed by atoms with Crippen molar-refractivity contribution in [1.29, 1.82) is 0 Å². The van der Waals surface area contributed by atoms with E-state index >= 15 is 0 Å². The summed E-state index contributed by atoms with van der Waals surface area (Å²) in [7, 11) is 0. The van der Waals surface area contributed by atoms with Crippen molar-refractivity contribution < 1.29 is 14.7 Å². The number of nitrogens with zero attached hydrogens (tertiary/aromatic N) is 1. The summed E-state index contributed by atoms with van der Waals surface area (Å²) < 4.78 is 0. The zero-order valence-electron chi connectivity index (χ0n) is 11.8. The first kappa shape index (κ1) is 14.8. The summed E-state index contributed by atoms with van der Waals surface area (Å²) in [5.41, 5.74) is 0.0576. The number of carbonyl (C=O) groups excluding carboxylic acids is 1. The Morgan fingerprint density at radius 2 is 2.25 bits per heavy atom. The van der Waals surface area contributed by atoms with Gasteiger partial charge in [0.15, 0.2) is 0 Å². The van der Waals surface area contributed by atoms with Crippen molar-refractivity contribution in [2.45, 2.75) is 45.2 Å². The number of carboxylic acids is 1. The number of hydrogen-bond donors (Lipinski definition) is 2. The maximum absolute atomic E-state index is 12.3. The summed E-state index contributed by atoms with van der Waals surface area (Å²) in [5, 5.41) is 14.2. The van der Waals surface area contributed by atoms with Gasteiger partial charge in [0.05, 0.1) is 6.54 Å². The normalized spacial score (nSPS) is 22.6. The second-order valence-corrected chi connectivity index (χ2v) is 6.37. The zero-order chi connectivity index (χ0) is 14.8. The van der Waals surface area contributed by atoms with Crippen molar-refractivity contribution in [3.63, 3.8) is 0 Å². The monoisotopic (exact) mass is 296 g/mol. The van der Waals surface area contributed by atoms with E-state index in [0.717, 1.165) is 23.3 Å². The number of amides is 2. The lowest BCUT2D eigenvalue weighted by atomic mass is 9.89. The predicted molar refractivity (Wildman–Crippen MR) is 77.9 cm³/mol. The van der Waals surface area contributed by atoms with Crippen LogP contribution in [0.25, 0.3) is 0 Å². The molecule has 1 aliphatic rings. The van der Waals surface area contributed by atoms with E-state index in [1.807, 2.05) is 18.4 Å². The molecule has 1 aromatic heterocycles. The highest BCUT2D eigenvalue weighted by Crippen LogP contribution is 2.28. The third-order valence-corrected chi connectivity index (χ3v) is 4.99. The molecule has 2 N–H and O–H groups in total. The standard InChI is InChI=1S/C14H20N2O3S/c1-10-5-8-20-11(10)9-15-13(19)16-7-4-3-6-14(16,2)12(17)18/h5,8H,3-4,6-7,9H2,1-2H3,(H,15,19)(H,17,18). The van der Waals surface area contributed by atoms with Gasteiger partial charge in [-0.25, -0.2) is 9.59 Å². The summed E-state index contributed by atoms with van der Waals surface area (Å²) >= 11 is 1.59. The van der Waals surface area contributed by atoms with Gasteiger partial charge in [-0.15, -0.1) is 11.3 Å². The molecule has 0 saturated carbocycles.